The summed E-state index contributed by atoms with van der Waals surface area (Å²) in [6, 6.07) is 0. The highest BCUT2D eigenvalue weighted by Crippen LogP contribution is 2.09. The van der Waals surface area contributed by atoms with Crippen LogP contribution in [-0.4, -0.2) is 11.0 Å². The maximum absolute atomic E-state index is 5.67. The van der Waals surface area contributed by atoms with Crippen LogP contribution in [0.4, 0.5) is 0 Å². The molecule has 0 saturated heterocycles. The summed E-state index contributed by atoms with van der Waals surface area (Å²) < 4.78 is 0. The van der Waals surface area contributed by atoms with Crippen LogP contribution in [-0.2, 0) is 0 Å². The van der Waals surface area contributed by atoms with E-state index in [9.17, 15) is 0 Å². The van der Waals surface area contributed by atoms with E-state index in [0.29, 0.717) is 0 Å². The number of halogens is 1. The quantitative estimate of drug-likeness (QED) is 0.467. The molecule has 0 aliphatic carbocycles. The summed E-state index contributed by atoms with van der Waals surface area (Å²) in [4.78, 5) is 0. The van der Waals surface area contributed by atoms with Crippen LogP contribution in [0.15, 0.2) is 0 Å². The highest BCUT2D eigenvalue weighted by atomic mass is 35.5. The minimum Gasteiger partial charge on any atom is -0.326 e. The van der Waals surface area contributed by atoms with Gasteiger partial charge < -0.3 is 11.5 Å². The Kier molecular flexibility index (Phi) is 3.48. The maximum atomic E-state index is 5.67. The molecule has 2 nitrogen and oxygen atoms in total. The van der Waals surface area contributed by atoms with E-state index in [1.165, 1.54) is 0 Å². The summed E-state index contributed by atoms with van der Waals surface area (Å²) in [7, 11) is 0. The Balaban J connectivity index is 3.28. The van der Waals surface area contributed by atoms with Crippen molar-refractivity contribution < 1.29 is 0 Å². The summed E-state index contributed by atoms with van der Waals surface area (Å²) in [6.07, 6.45) is 1.66. The highest BCUT2D eigenvalue weighted by Gasteiger charge is 2.11. The molecule has 0 aliphatic rings. The van der Waals surface area contributed by atoms with Crippen molar-refractivity contribution >= 4 is 11.6 Å². The molecule has 0 aliphatic heterocycles. The molecule has 0 saturated carbocycles. The second-order valence-electron chi connectivity index (χ2n) is 3.04. The smallest absolute Gasteiger partial charge is 0.0801 e. The van der Waals surface area contributed by atoms with E-state index in [1.807, 2.05) is 13.8 Å². The lowest BCUT2D eigenvalue weighted by atomic mass is 10.0. The first-order chi connectivity index (χ1) is 3.92. The zero-order valence-electron chi connectivity index (χ0n) is 6.02. The third-order valence-corrected chi connectivity index (χ3v) is 1.28. The van der Waals surface area contributed by atoms with Crippen LogP contribution < -0.4 is 11.5 Å². The van der Waals surface area contributed by atoms with Crippen LogP contribution in [0.25, 0.3) is 0 Å². The average Bonchev–Trinajstić information content (AvgIpc) is 1.59. The Bertz CT molecular complexity index is 75.6. The van der Waals surface area contributed by atoms with Gasteiger partial charge in [0.05, 0.1) is 5.50 Å². The van der Waals surface area contributed by atoms with Gasteiger partial charge in [0, 0.05) is 5.54 Å². The van der Waals surface area contributed by atoms with Crippen molar-refractivity contribution in [2.45, 2.75) is 37.7 Å². The minimum atomic E-state index is -0.243. The van der Waals surface area contributed by atoms with Crippen molar-refractivity contribution in [2.24, 2.45) is 11.5 Å². The Morgan fingerprint density at radius 3 is 2.11 bits per heavy atom. The summed E-state index contributed by atoms with van der Waals surface area (Å²) in [5.41, 5.74) is 10.6. The van der Waals surface area contributed by atoms with Crippen LogP contribution in [0.5, 0.6) is 0 Å². The van der Waals surface area contributed by atoms with Gasteiger partial charge in [-0.25, -0.2) is 0 Å². The predicted molar refractivity (Wildman–Crippen MR) is 41.3 cm³/mol. The molecule has 0 spiro atoms. The van der Waals surface area contributed by atoms with Gasteiger partial charge in [-0.1, -0.05) is 0 Å². The molecule has 0 aromatic heterocycles. The van der Waals surface area contributed by atoms with Crippen molar-refractivity contribution in [1.82, 2.24) is 0 Å². The van der Waals surface area contributed by atoms with Gasteiger partial charge in [-0.15, -0.1) is 11.6 Å². The standard InChI is InChI=1S/C6H15ClN2/c1-6(2,9)4-3-5(7)8/h5H,3-4,8-9H2,1-2H3. The lowest BCUT2D eigenvalue weighted by molar-refractivity contribution is 0.455. The van der Waals surface area contributed by atoms with E-state index in [1.54, 1.807) is 0 Å². The SMILES string of the molecule is CC(C)(N)CCC(N)Cl. The number of hydrogen-bond acceptors (Lipinski definition) is 2. The van der Waals surface area contributed by atoms with Gasteiger partial charge in [0.1, 0.15) is 0 Å². The van der Waals surface area contributed by atoms with Gasteiger partial charge in [0.2, 0.25) is 0 Å². The molecule has 1 atom stereocenters. The average molecular weight is 151 g/mol. The normalized spacial score (nSPS) is 15.7. The number of nitrogens with two attached hydrogens (primary N) is 2. The van der Waals surface area contributed by atoms with Crippen LogP contribution in [0.3, 0.4) is 0 Å². The van der Waals surface area contributed by atoms with Gasteiger partial charge in [-0.05, 0) is 26.7 Å². The Morgan fingerprint density at radius 1 is 1.56 bits per heavy atom. The molecule has 0 aromatic rings. The summed E-state index contributed by atoms with van der Waals surface area (Å²) in [6.45, 7) is 3.93. The number of hydrogen-bond donors (Lipinski definition) is 2. The Hall–Kier alpha value is 0.210. The van der Waals surface area contributed by atoms with Crippen molar-refractivity contribution in [3.8, 4) is 0 Å². The molecular formula is C6H15ClN2. The van der Waals surface area contributed by atoms with Gasteiger partial charge in [-0.3, -0.25) is 0 Å². The predicted octanol–water partition coefficient (Wildman–Crippen LogP) is 1.03. The molecule has 9 heavy (non-hydrogen) atoms. The third kappa shape index (κ3) is 8.21. The van der Waals surface area contributed by atoms with Crippen LogP contribution in [0.2, 0.25) is 0 Å². The van der Waals surface area contributed by atoms with Crippen molar-refractivity contribution in [3.63, 3.8) is 0 Å². The highest BCUT2D eigenvalue weighted by molar-refractivity contribution is 6.20. The molecule has 3 heteroatoms. The van der Waals surface area contributed by atoms with Gasteiger partial charge >= 0.3 is 0 Å². The molecule has 0 radical (unpaired) electrons. The van der Waals surface area contributed by atoms with Gasteiger partial charge in [0.15, 0.2) is 0 Å². The topological polar surface area (TPSA) is 52.0 Å². The lowest BCUT2D eigenvalue weighted by Crippen LogP contribution is -2.33. The fourth-order valence-corrected chi connectivity index (χ4v) is 0.619. The summed E-state index contributed by atoms with van der Waals surface area (Å²) >= 11 is 5.51. The molecule has 0 fully saturated rings. The summed E-state index contributed by atoms with van der Waals surface area (Å²) in [5, 5.41) is 0. The first kappa shape index (κ1) is 9.21. The van der Waals surface area contributed by atoms with E-state index in [4.69, 9.17) is 23.1 Å². The van der Waals surface area contributed by atoms with Gasteiger partial charge in [-0.2, -0.15) is 0 Å². The van der Waals surface area contributed by atoms with Crippen LogP contribution in [0, 0.1) is 0 Å². The molecular weight excluding hydrogens is 136 g/mol. The maximum Gasteiger partial charge on any atom is 0.0801 e. The van der Waals surface area contributed by atoms with Crippen LogP contribution >= 0.6 is 11.6 Å². The number of alkyl halides is 1. The lowest BCUT2D eigenvalue weighted by Gasteiger charge is -2.18. The van der Waals surface area contributed by atoms with E-state index in [0.717, 1.165) is 12.8 Å². The summed E-state index contributed by atoms with van der Waals surface area (Å²) in [5.74, 6) is 0. The van der Waals surface area contributed by atoms with Crippen molar-refractivity contribution in [2.75, 3.05) is 0 Å². The minimum absolute atomic E-state index is 0.132. The zero-order chi connectivity index (χ0) is 7.49. The van der Waals surface area contributed by atoms with E-state index < -0.39 is 0 Å². The van der Waals surface area contributed by atoms with E-state index >= 15 is 0 Å². The van der Waals surface area contributed by atoms with Crippen molar-refractivity contribution in [3.05, 3.63) is 0 Å². The largest absolute Gasteiger partial charge is 0.326 e. The molecule has 1 unspecified atom stereocenters. The third-order valence-electron chi connectivity index (χ3n) is 1.06. The van der Waals surface area contributed by atoms with E-state index in [-0.39, 0.29) is 11.0 Å². The molecule has 4 N–H and O–H groups in total. The first-order valence-corrected chi connectivity index (χ1v) is 3.54. The molecule has 0 heterocycles. The second kappa shape index (κ2) is 3.40. The first-order valence-electron chi connectivity index (χ1n) is 3.10. The number of rotatable bonds is 3. The van der Waals surface area contributed by atoms with Crippen molar-refractivity contribution in [1.29, 1.82) is 0 Å². The van der Waals surface area contributed by atoms with E-state index in [2.05, 4.69) is 0 Å². The monoisotopic (exact) mass is 150 g/mol. The fraction of sp³-hybridized carbons (Fsp3) is 1.00. The van der Waals surface area contributed by atoms with Crippen LogP contribution in [0.1, 0.15) is 26.7 Å². The fourth-order valence-electron chi connectivity index (χ4n) is 0.510. The Morgan fingerprint density at radius 2 is 2.00 bits per heavy atom. The molecule has 0 aromatic carbocycles. The molecule has 56 valence electrons. The Labute approximate surface area is 61.5 Å². The molecule has 0 bridgehead atoms. The molecule has 0 amide bonds. The van der Waals surface area contributed by atoms with Gasteiger partial charge in [0.25, 0.3) is 0 Å². The molecule has 0 rings (SSSR count). The second-order valence-corrected chi connectivity index (χ2v) is 3.60. The zero-order valence-corrected chi connectivity index (χ0v) is 6.78.